The molecular formula is C26H28FN9. The summed E-state index contributed by atoms with van der Waals surface area (Å²) in [5.41, 5.74) is 3.87. The van der Waals surface area contributed by atoms with Crippen LogP contribution in [0.3, 0.4) is 0 Å². The van der Waals surface area contributed by atoms with Crippen LogP contribution in [-0.4, -0.2) is 62.4 Å². The summed E-state index contributed by atoms with van der Waals surface area (Å²) < 4.78 is 16.7. The predicted octanol–water partition coefficient (Wildman–Crippen LogP) is 4.08. The monoisotopic (exact) mass is 485 g/mol. The first-order valence-electron chi connectivity index (χ1n) is 12.0. The van der Waals surface area contributed by atoms with Crippen LogP contribution < -0.4 is 10.2 Å². The van der Waals surface area contributed by atoms with E-state index in [1.54, 1.807) is 6.20 Å². The molecule has 10 heteroatoms. The molecule has 0 amide bonds. The Morgan fingerprint density at radius 1 is 1.08 bits per heavy atom. The number of hydrogen-bond donors (Lipinski definition) is 1. The summed E-state index contributed by atoms with van der Waals surface area (Å²) in [7, 11) is 1.93. The van der Waals surface area contributed by atoms with Crippen LogP contribution in [0.15, 0.2) is 42.7 Å². The van der Waals surface area contributed by atoms with Gasteiger partial charge in [0.15, 0.2) is 5.82 Å². The molecule has 0 saturated carbocycles. The fourth-order valence-corrected chi connectivity index (χ4v) is 4.71. The van der Waals surface area contributed by atoms with Crippen molar-refractivity contribution in [3.8, 4) is 17.3 Å². The zero-order chi connectivity index (χ0) is 25.2. The van der Waals surface area contributed by atoms with E-state index in [0.717, 1.165) is 48.5 Å². The number of aromatic nitrogens is 5. The van der Waals surface area contributed by atoms with E-state index in [1.165, 1.54) is 6.20 Å². The lowest BCUT2D eigenvalue weighted by Gasteiger charge is -2.34. The molecule has 0 atom stereocenters. The highest BCUT2D eigenvalue weighted by molar-refractivity contribution is 5.86. The number of rotatable bonds is 6. The number of aryl methyl sites for hydroxylation is 1. The molecule has 184 valence electrons. The Morgan fingerprint density at radius 2 is 1.89 bits per heavy atom. The third kappa shape index (κ3) is 4.70. The molecule has 1 N–H and O–H groups in total. The van der Waals surface area contributed by atoms with Crippen molar-refractivity contribution in [3.05, 3.63) is 54.2 Å². The molecule has 1 fully saturated rings. The lowest BCUT2D eigenvalue weighted by Crippen LogP contribution is -2.46. The summed E-state index contributed by atoms with van der Waals surface area (Å²) in [6, 6.07) is 11.7. The summed E-state index contributed by atoms with van der Waals surface area (Å²) in [4.78, 5) is 17.5. The number of halogens is 1. The zero-order valence-electron chi connectivity index (χ0n) is 20.6. The number of fused-ring (bicyclic) bond motifs is 1. The molecule has 4 aromatic rings. The normalized spacial score (nSPS) is 14.4. The van der Waals surface area contributed by atoms with E-state index >= 15 is 0 Å². The average molecular weight is 486 g/mol. The van der Waals surface area contributed by atoms with Gasteiger partial charge in [0.05, 0.1) is 36.2 Å². The highest BCUT2D eigenvalue weighted by atomic mass is 19.1. The molecule has 36 heavy (non-hydrogen) atoms. The number of hydrogen-bond acceptors (Lipinski definition) is 8. The van der Waals surface area contributed by atoms with E-state index < -0.39 is 5.82 Å². The van der Waals surface area contributed by atoms with Gasteiger partial charge in [0.25, 0.3) is 0 Å². The van der Waals surface area contributed by atoms with Gasteiger partial charge >= 0.3 is 0 Å². The predicted molar refractivity (Wildman–Crippen MR) is 138 cm³/mol. The first kappa shape index (κ1) is 23.6. The van der Waals surface area contributed by atoms with Crippen molar-refractivity contribution >= 4 is 28.4 Å². The minimum absolute atomic E-state index is 0.222. The van der Waals surface area contributed by atoms with Gasteiger partial charge in [-0.25, -0.2) is 19.3 Å². The largest absolute Gasteiger partial charge is 0.368 e. The van der Waals surface area contributed by atoms with Gasteiger partial charge in [-0.05, 0) is 30.2 Å². The summed E-state index contributed by atoms with van der Waals surface area (Å²) >= 11 is 0. The lowest BCUT2D eigenvalue weighted by molar-refractivity contribution is 0.287. The first-order chi connectivity index (χ1) is 17.4. The maximum Gasteiger partial charge on any atom is 0.229 e. The number of nitrogens with one attached hydrogen (secondary N) is 1. The van der Waals surface area contributed by atoms with E-state index in [0.29, 0.717) is 17.9 Å². The van der Waals surface area contributed by atoms with Crippen LogP contribution in [0.5, 0.6) is 0 Å². The SMILES string of the molecule is CC(C)c1c2cc(-c3nc(Nc4ccc(N5CCN(CC#N)CC5)cn4)ncc3F)ccc2nn1C. The number of anilines is 3. The van der Waals surface area contributed by atoms with Crippen LogP contribution in [0, 0.1) is 17.1 Å². The Labute approximate surface area is 209 Å². The van der Waals surface area contributed by atoms with Gasteiger partial charge in [-0.15, -0.1) is 0 Å². The van der Waals surface area contributed by atoms with Gasteiger partial charge in [-0.3, -0.25) is 9.58 Å². The van der Waals surface area contributed by atoms with Crippen molar-refractivity contribution in [2.75, 3.05) is 42.9 Å². The Morgan fingerprint density at radius 3 is 2.58 bits per heavy atom. The van der Waals surface area contributed by atoms with Crippen LogP contribution >= 0.6 is 0 Å². The second-order valence-electron chi connectivity index (χ2n) is 9.23. The Kier molecular flexibility index (Phi) is 6.48. The van der Waals surface area contributed by atoms with Crippen LogP contribution in [0.4, 0.5) is 21.8 Å². The van der Waals surface area contributed by atoms with Crippen LogP contribution in [0.1, 0.15) is 25.5 Å². The van der Waals surface area contributed by atoms with Gasteiger partial charge in [-0.1, -0.05) is 19.9 Å². The molecular weight excluding hydrogens is 457 g/mol. The second-order valence-corrected chi connectivity index (χ2v) is 9.23. The zero-order valence-corrected chi connectivity index (χ0v) is 20.6. The molecule has 3 aromatic heterocycles. The van der Waals surface area contributed by atoms with Gasteiger partial charge in [-0.2, -0.15) is 10.4 Å². The van der Waals surface area contributed by atoms with E-state index in [1.807, 2.05) is 42.1 Å². The molecule has 0 spiro atoms. The average Bonchev–Trinajstić information content (AvgIpc) is 3.21. The van der Waals surface area contributed by atoms with Gasteiger partial charge in [0.2, 0.25) is 5.95 Å². The molecule has 1 aliphatic rings. The molecule has 1 saturated heterocycles. The fourth-order valence-electron chi connectivity index (χ4n) is 4.71. The first-order valence-corrected chi connectivity index (χ1v) is 12.0. The molecule has 1 aliphatic heterocycles. The highest BCUT2D eigenvalue weighted by Gasteiger charge is 2.18. The number of nitrogens with zero attached hydrogens (tertiary/aromatic N) is 8. The van der Waals surface area contributed by atoms with Crippen molar-refractivity contribution in [2.45, 2.75) is 19.8 Å². The number of piperazine rings is 1. The molecule has 0 bridgehead atoms. The standard InChI is InChI=1S/C26H28FN9/c1-17(2)25-20-14-18(4-6-22(20)33-34(25)3)24-21(27)16-30-26(32-24)31-23-7-5-19(15-29-23)36-12-10-35(9-8-28)11-13-36/h4-7,14-17H,9-13H2,1-3H3,(H,29,30,31,32). The van der Waals surface area contributed by atoms with Gasteiger partial charge < -0.3 is 10.2 Å². The maximum absolute atomic E-state index is 14.8. The van der Waals surface area contributed by atoms with Gasteiger partial charge in [0, 0.05) is 49.9 Å². The van der Waals surface area contributed by atoms with Crippen molar-refractivity contribution in [2.24, 2.45) is 7.05 Å². The minimum atomic E-state index is -0.492. The third-order valence-corrected chi connectivity index (χ3v) is 6.46. The molecule has 9 nitrogen and oxygen atoms in total. The Bertz CT molecular complexity index is 1410. The summed E-state index contributed by atoms with van der Waals surface area (Å²) in [6.45, 7) is 8.09. The minimum Gasteiger partial charge on any atom is -0.368 e. The topological polar surface area (TPSA) is 98.8 Å². The lowest BCUT2D eigenvalue weighted by atomic mass is 10.0. The number of nitriles is 1. The Hall–Kier alpha value is -4.10. The van der Waals surface area contributed by atoms with Crippen molar-refractivity contribution in [3.63, 3.8) is 0 Å². The van der Waals surface area contributed by atoms with Crippen LogP contribution in [0.2, 0.25) is 0 Å². The van der Waals surface area contributed by atoms with Crippen molar-refractivity contribution in [1.82, 2.24) is 29.6 Å². The maximum atomic E-state index is 14.8. The highest BCUT2D eigenvalue weighted by Crippen LogP contribution is 2.30. The summed E-state index contributed by atoms with van der Waals surface area (Å²) in [5.74, 6) is 0.628. The Balaban J connectivity index is 1.34. The molecule has 5 rings (SSSR count). The van der Waals surface area contributed by atoms with E-state index in [4.69, 9.17) is 5.26 Å². The van der Waals surface area contributed by atoms with Crippen LogP contribution in [-0.2, 0) is 7.05 Å². The number of pyridine rings is 1. The molecule has 4 heterocycles. The van der Waals surface area contributed by atoms with Crippen molar-refractivity contribution < 1.29 is 4.39 Å². The molecule has 0 unspecified atom stereocenters. The summed E-state index contributed by atoms with van der Waals surface area (Å²) in [5, 5.41) is 17.5. The second kappa shape index (κ2) is 9.87. The molecule has 0 aliphatic carbocycles. The summed E-state index contributed by atoms with van der Waals surface area (Å²) in [6.07, 6.45) is 2.98. The fraction of sp³-hybridized carbons (Fsp3) is 0.346. The number of benzene rings is 1. The van der Waals surface area contributed by atoms with E-state index in [-0.39, 0.29) is 17.6 Å². The third-order valence-electron chi connectivity index (χ3n) is 6.46. The smallest absolute Gasteiger partial charge is 0.229 e. The molecule has 0 radical (unpaired) electrons. The molecule has 1 aromatic carbocycles. The van der Waals surface area contributed by atoms with Crippen molar-refractivity contribution in [1.29, 1.82) is 5.26 Å². The quantitative estimate of drug-likeness (QED) is 0.408. The van der Waals surface area contributed by atoms with E-state index in [2.05, 4.69) is 55.1 Å². The van der Waals surface area contributed by atoms with E-state index in [9.17, 15) is 4.39 Å². The van der Waals surface area contributed by atoms with Gasteiger partial charge in [0.1, 0.15) is 11.5 Å². The van der Waals surface area contributed by atoms with Crippen LogP contribution in [0.25, 0.3) is 22.2 Å².